The lowest BCUT2D eigenvalue weighted by atomic mass is 9.81. The SMILES string of the molecule is CO[C@@H]1CCC[C@@H](OC)C[C@@H](C)C(O)(O)C(=O)C(=O)N2CCCC[C@H]2C(=O)O[C@H](/C(C)=C/[C@@H]2CC[C@@H](O)[C@H](OC)C2)[C@H](C)[C@@H](O)CC(=O)[C@H](CCCSCCN)/C=C(\C)C1. The first kappa shape index (κ1) is 52.1. The highest BCUT2D eigenvalue weighted by molar-refractivity contribution is 7.99. The van der Waals surface area contributed by atoms with E-state index >= 15 is 0 Å². The van der Waals surface area contributed by atoms with Crippen molar-refractivity contribution in [1.29, 1.82) is 0 Å². The molecule has 60 heavy (non-hydrogen) atoms. The first-order chi connectivity index (χ1) is 28.5. The molecule has 1 amide bonds. The Hall–Kier alpha value is -2.21. The molecular weight excluding hydrogens is 793 g/mol. The van der Waals surface area contributed by atoms with Gasteiger partial charge in [0.1, 0.15) is 17.9 Å². The van der Waals surface area contributed by atoms with Crippen molar-refractivity contribution in [3.8, 4) is 0 Å². The van der Waals surface area contributed by atoms with Crippen molar-refractivity contribution in [2.24, 2.45) is 29.4 Å². The number of allylic oxidation sites excluding steroid dienone is 2. The van der Waals surface area contributed by atoms with Gasteiger partial charge in [-0.2, -0.15) is 11.8 Å². The number of aliphatic hydroxyl groups is 4. The first-order valence-electron chi connectivity index (χ1n) is 22.1. The van der Waals surface area contributed by atoms with Crippen LogP contribution >= 0.6 is 11.8 Å². The van der Waals surface area contributed by atoms with Gasteiger partial charge in [0.05, 0.1) is 30.5 Å². The van der Waals surface area contributed by atoms with E-state index in [-0.39, 0.29) is 49.7 Å². The lowest BCUT2D eigenvalue weighted by molar-refractivity contribution is -0.208. The Labute approximate surface area is 362 Å². The number of fused-ring (bicyclic) bond motifs is 1. The van der Waals surface area contributed by atoms with Crippen LogP contribution in [0.15, 0.2) is 23.3 Å². The van der Waals surface area contributed by atoms with Gasteiger partial charge in [0, 0.05) is 64.3 Å². The standard InChI is InChI=1S/C45H76N2O12S/c1-28-22-33(12-11-20-60-21-18-46)39(50)27-38(49)31(4)41(29(2)24-32-16-17-37(48)40(26-32)58-7)59-44(53)36-15-8-9-19-47(36)43(52)42(51)45(54,55)30(3)25-35(57-6)14-10-13-34(23-28)56-5/h22,24,30-38,40-41,48-49,54-55H,8-21,23,25-27,46H2,1-7H3/b28-22+,29-24+/t30-,31-,32+,33-,34-,35-,36+,37-,38+,40-,41-/m1/s1. The fourth-order valence-corrected chi connectivity index (χ4v) is 9.72. The monoisotopic (exact) mass is 869 g/mol. The molecule has 0 unspecified atom stereocenters. The molecule has 14 nitrogen and oxygen atoms in total. The molecule has 3 aliphatic rings. The number of cyclic esters (lactones) is 1. The van der Waals surface area contributed by atoms with Crippen LogP contribution in [-0.4, -0.2) is 143 Å². The van der Waals surface area contributed by atoms with Gasteiger partial charge in [0.15, 0.2) is 0 Å². The number of Topliss-reactive ketones (excluding diaryl/α,β-unsaturated/α-hetero) is 2. The molecule has 1 aliphatic carbocycles. The molecule has 15 heteroatoms. The van der Waals surface area contributed by atoms with E-state index in [1.807, 2.05) is 19.1 Å². The van der Waals surface area contributed by atoms with Crippen molar-refractivity contribution >= 4 is 35.2 Å². The van der Waals surface area contributed by atoms with E-state index in [4.69, 9.17) is 24.7 Å². The number of methoxy groups -OCH3 is 3. The molecule has 3 rings (SSSR count). The van der Waals surface area contributed by atoms with Crippen LogP contribution in [0.2, 0.25) is 0 Å². The minimum atomic E-state index is -3.02. The topological polar surface area (TPSA) is 215 Å². The number of hydrogen-bond acceptors (Lipinski definition) is 14. The number of esters is 1. The van der Waals surface area contributed by atoms with E-state index in [2.05, 4.69) is 0 Å². The largest absolute Gasteiger partial charge is 0.456 e. The summed E-state index contributed by atoms with van der Waals surface area (Å²) in [4.78, 5) is 57.0. The number of hydrogen-bond donors (Lipinski definition) is 5. The minimum absolute atomic E-state index is 0.0283. The van der Waals surface area contributed by atoms with Crippen molar-refractivity contribution in [2.45, 2.75) is 166 Å². The molecular formula is C45H76N2O12S. The van der Waals surface area contributed by atoms with Gasteiger partial charge in [-0.15, -0.1) is 0 Å². The summed E-state index contributed by atoms with van der Waals surface area (Å²) in [6.07, 6.45) is 6.81. The molecule has 0 radical (unpaired) electrons. The zero-order chi connectivity index (χ0) is 44.6. The van der Waals surface area contributed by atoms with Crippen LogP contribution < -0.4 is 5.73 Å². The third kappa shape index (κ3) is 15.3. The van der Waals surface area contributed by atoms with Crippen LogP contribution in [0.3, 0.4) is 0 Å². The second-order valence-electron chi connectivity index (χ2n) is 17.5. The van der Waals surface area contributed by atoms with Gasteiger partial charge in [-0.1, -0.05) is 31.6 Å². The van der Waals surface area contributed by atoms with E-state index in [1.54, 1.807) is 39.8 Å². The molecule has 0 aromatic rings. The first-order valence-corrected chi connectivity index (χ1v) is 23.2. The summed E-state index contributed by atoms with van der Waals surface area (Å²) in [5.74, 6) is -7.23. The zero-order valence-corrected chi connectivity index (χ0v) is 38.0. The molecule has 344 valence electrons. The highest BCUT2D eigenvalue weighted by Gasteiger charge is 2.48. The predicted molar refractivity (Wildman–Crippen MR) is 231 cm³/mol. The highest BCUT2D eigenvalue weighted by Crippen LogP contribution is 2.33. The van der Waals surface area contributed by atoms with Crippen LogP contribution in [0, 0.1) is 23.7 Å². The number of thioether (sulfide) groups is 1. The fraction of sp³-hybridized carbons (Fsp3) is 0.822. The summed E-state index contributed by atoms with van der Waals surface area (Å²) in [5, 5.41) is 44.7. The fourth-order valence-electron chi connectivity index (χ4n) is 8.98. The van der Waals surface area contributed by atoms with Crippen molar-refractivity contribution in [3.05, 3.63) is 23.3 Å². The number of ketones is 2. The average Bonchev–Trinajstić information content (AvgIpc) is 3.23. The molecule has 2 fully saturated rings. The molecule has 0 aromatic heterocycles. The van der Waals surface area contributed by atoms with Gasteiger partial charge in [-0.05, 0) is 115 Å². The number of carbonyl (C=O) groups excluding carboxylic acids is 4. The van der Waals surface area contributed by atoms with Gasteiger partial charge in [0.25, 0.3) is 11.7 Å². The highest BCUT2D eigenvalue weighted by atomic mass is 32.2. The Morgan fingerprint density at radius 2 is 1.62 bits per heavy atom. The van der Waals surface area contributed by atoms with Gasteiger partial charge in [-0.3, -0.25) is 14.4 Å². The number of aliphatic hydroxyl groups excluding tert-OH is 2. The Morgan fingerprint density at radius 1 is 0.917 bits per heavy atom. The maximum absolute atomic E-state index is 14.3. The summed E-state index contributed by atoms with van der Waals surface area (Å²) >= 11 is 1.74. The zero-order valence-electron chi connectivity index (χ0n) is 37.2. The number of amides is 1. The average molecular weight is 869 g/mol. The number of ether oxygens (including phenoxy) is 4. The summed E-state index contributed by atoms with van der Waals surface area (Å²) in [7, 11) is 4.71. The Bertz CT molecular complexity index is 1440. The number of carbonyl (C=O) groups is 4. The smallest absolute Gasteiger partial charge is 0.329 e. The van der Waals surface area contributed by atoms with E-state index in [0.717, 1.165) is 28.4 Å². The van der Waals surface area contributed by atoms with E-state index in [0.29, 0.717) is 76.3 Å². The van der Waals surface area contributed by atoms with Gasteiger partial charge >= 0.3 is 5.97 Å². The molecule has 2 heterocycles. The molecule has 1 saturated carbocycles. The third-order valence-corrected chi connectivity index (χ3v) is 14.0. The Morgan fingerprint density at radius 3 is 2.28 bits per heavy atom. The normalized spacial score (nSPS) is 35.0. The second kappa shape index (κ2) is 25.8. The lowest BCUT2D eigenvalue weighted by Crippen LogP contribution is -2.58. The minimum Gasteiger partial charge on any atom is -0.456 e. The summed E-state index contributed by atoms with van der Waals surface area (Å²) in [5.41, 5.74) is 7.32. The quantitative estimate of drug-likeness (QED) is 0.0645. The van der Waals surface area contributed by atoms with Crippen molar-refractivity contribution in [3.63, 3.8) is 0 Å². The number of nitrogens with two attached hydrogens (primary N) is 1. The van der Waals surface area contributed by atoms with Gasteiger partial charge in [-0.25, -0.2) is 4.79 Å². The molecule has 0 aromatic carbocycles. The maximum Gasteiger partial charge on any atom is 0.329 e. The third-order valence-electron chi connectivity index (χ3n) is 12.9. The Balaban J connectivity index is 2.06. The number of nitrogens with zero attached hydrogens (tertiary/aromatic N) is 1. The maximum atomic E-state index is 14.3. The molecule has 0 bridgehead atoms. The summed E-state index contributed by atoms with van der Waals surface area (Å²) in [6, 6.07) is -1.19. The Kier molecular flexibility index (Phi) is 22.4. The predicted octanol–water partition coefficient (Wildman–Crippen LogP) is 4.27. The summed E-state index contributed by atoms with van der Waals surface area (Å²) in [6.45, 7) is 7.60. The van der Waals surface area contributed by atoms with Crippen molar-refractivity contribution in [1.82, 2.24) is 4.90 Å². The van der Waals surface area contributed by atoms with Crippen molar-refractivity contribution < 1.29 is 58.6 Å². The summed E-state index contributed by atoms with van der Waals surface area (Å²) < 4.78 is 23.3. The number of rotatable bonds is 11. The van der Waals surface area contributed by atoms with Gasteiger partial charge < -0.3 is 50.0 Å². The molecule has 11 atom stereocenters. The lowest BCUT2D eigenvalue weighted by Gasteiger charge is -2.38. The molecule has 6 N–H and O–H groups in total. The number of piperidine rings is 1. The van der Waals surface area contributed by atoms with Crippen LogP contribution in [0.4, 0.5) is 0 Å². The van der Waals surface area contributed by atoms with Gasteiger partial charge in [0.2, 0.25) is 5.79 Å². The van der Waals surface area contributed by atoms with Crippen LogP contribution in [0.5, 0.6) is 0 Å². The van der Waals surface area contributed by atoms with Crippen LogP contribution in [-0.2, 0) is 38.1 Å². The molecule has 0 spiro atoms. The van der Waals surface area contributed by atoms with Crippen LogP contribution in [0.1, 0.15) is 118 Å². The van der Waals surface area contributed by atoms with E-state index in [9.17, 15) is 39.6 Å². The molecule has 2 aliphatic heterocycles. The van der Waals surface area contributed by atoms with E-state index < -0.39 is 71.7 Å². The van der Waals surface area contributed by atoms with E-state index in [1.165, 1.54) is 14.0 Å². The second-order valence-corrected chi connectivity index (χ2v) is 18.7. The van der Waals surface area contributed by atoms with Crippen LogP contribution in [0.25, 0.3) is 0 Å². The van der Waals surface area contributed by atoms with Crippen molar-refractivity contribution in [2.75, 3.05) is 45.9 Å². The molecule has 1 saturated heterocycles.